The molecule has 1 aliphatic rings. The van der Waals surface area contributed by atoms with E-state index in [0.717, 1.165) is 18.9 Å². The van der Waals surface area contributed by atoms with E-state index in [1.807, 2.05) is 54.3 Å². The standard InChI is InChI=1S/C18H22N4O3/c1-2-24-17-9-8-16(19-20-17)21-10-12-22(13-11-21)18(23)14-25-15-6-4-3-5-7-15/h3-9H,2,10-14H2,1H3. The van der Waals surface area contributed by atoms with Crippen LogP contribution in [0.25, 0.3) is 0 Å². The molecule has 1 saturated heterocycles. The van der Waals surface area contributed by atoms with Crippen molar-refractivity contribution in [2.75, 3.05) is 44.3 Å². The Morgan fingerprint density at radius 2 is 1.76 bits per heavy atom. The molecule has 2 heterocycles. The van der Waals surface area contributed by atoms with E-state index in [-0.39, 0.29) is 12.5 Å². The largest absolute Gasteiger partial charge is 0.484 e. The van der Waals surface area contributed by atoms with E-state index in [0.29, 0.717) is 31.3 Å². The number of carbonyl (C=O) groups excluding carboxylic acids is 1. The average Bonchev–Trinajstić information content (AvgIpc) is 2.68. The second kappa shape index (κ2) is 8.32. The number of ether oxygens (including phenoxy) is 2. The molecular formula is C18H22N4O3. The van der Waals surface area contributed by atoms with Crippen molar-refractivity contribution < 1.29 is 14.3 Å². The zero-order valence-corrected chi connectivity index (χ0v) is 14.3. The summed E-state index contributed by atoms with van der Waals surface area (Å²) in [5.41, 5.74) is 0. The minimum atomic E-state index is 0.00119. The third-order valence-electron chi connectivity index (χ3n) is 3.98. The number of anilines is 1. The number of carbonyl (C=O) groups is 1. The molecule has 1 aromatic heterocycles. The minimum Gasteiger partial charge on any atom is -0.484 e. The predicted octanol–water partition coefficient (Wildman–Crippen LogP) is 1.60. The summed E-state index contributed by atoms with van der Waals surface area (Å²) in [6.07, 6.45) is 0. The van der Waals surface area contributed by atoms with E-state index in [1.54, 1.807) is 0 Å². The molecule has 0 atom stereocenters. The van der Waals surface area contributed by atoms with Crippen molar-refractivity contribution >= 4 is 11.7 Å². The Bertz CT molecular complexity index is 670. The Kier molecular flexibility index (Phi) is 5.66. The maximum atomic E-state index is 12.3. The van der Waals surface area contributed by atoms with Crippen LogP contribution in [0.4, 0.5) is 5.82 Å². The zero-order chi connectivity index (χ0) is 17.5. The fourth-order valence-corrected chi connectivity index (χ4v) is 2.64. The number of para-hydroxylation sites is 1. The molecule has 0 spiro atoms. The maximum Gasteiger partial charge on any atom is 0.260 e. The van der Waals surface area contributed by atoms with Gasteiger partial charge in [-0.25, -0.2) is 0 Å². The normalized spacial score (nSPS) is 14.3. The van der Waals surface area contributed by atoms with Gasteiger partial charge in [-0.3, -0.25) is 4.79 Å². The van der Waals surface area contributed by atoms with Gasteiger partial charge in [0.15, 0.2) is 12.4 Å². The quantitative estimate of drug-likeness (QED) is 0.794. The lowest BCUT2D eigenvalue weighted by Gasteiger charge is -2.35. The van der Waals surface area contributed by atoms with Crippen LogP contribution in [0, 0.1) is 0 Å². The van der Waals surface area contributed by atoms with Crippen LogP contribution >= 0.6 is 0 Å². The summed E-state index contributed by atoms with van der Waals surface area (Å²) < 4.78 is 10.8. The highest BCUT2D eigenvalue weighted by Crippen LogP contribution is 2.15. The van der Waals surface area contributed by atoms with Crippen LogP contribution in [-0.4, -0.2) is 60.4 Å². The van der Waals surface area contributed by atoms with Crippen LogP contribution in [0.5, 0.6) is 11.6 Å². The Balaban J connectivity index is 1.47. The smallest absolute Gasteiger partial charge is 0.260 e. The first-order valence-electron chi connectivity index (χ1n) is 8.43. The van der Waals surface area contributed by atoms with Crippen molar-refractivity contribution in [3.8, 4) is 11.6 Å². The fraction of sp³-hybridized carbons (Fsp3) is 0.389. The van der Waals surface area contributed by atoms with Gasteiger partial charge in [0.25, 0.3) is 5.91 Å². The van der Waals surface area contributed by atoms with Gasteiger partial charge in [-0.15, -0.1) is 10.2 Å². The second-order valence-electron chi connectivity index (χ2n) is 5.63. The molecule has 7 nitrogen and oxygen atoms in total. The summed E-state index contributed by atoms with van der Waals surface area (Å²) >= 11 is 0. The Morgan fingerprint density at radius 3 is 2.40 bits per heavy atom. The summed E-state index contributed by atoms with van der Waals surface area (Å²) in [5.74, 6) is 2.04. The summed E-state index contributed by atoms with van der Waals surface area (Å²) in [7, 11) is 0. The van der Waals surface area contributed by atoms with Gasteiger partial charge in [-0.2, -0.15) is 0 Å². The summed E-state index contributed by atoms with van der Waals surface area (Å²) in [6, 6.07) is 13.1. The van der Waals surface area contributed by atoms with E-state index < -0.39 is 0 Å². The zero-order valence-electron chi connectivity index (χ0n) is 14.3. The number of benzene rings is 1. The maximum absolute atomic E-state index is 12.3. The molecule has 1 aliphatic heterocycles. The molecule has 0 unspecified atom stereocenters. The van der Waals surface area contributed by atoms with Crippen molar-refractivity contribution in [2.24, 2.45) is 0 Å². The van der Waals surface area contributed by atoms with Crippen LogP contribution in [-0.2, 0) is 4.79 Å². The molecule has 132 valence electrons. The summed E-state index contributed by atoms with van der Waals surface area (Å²) in [5, 5.41) is 8.24. The average molecular weight is 342 g/mol. The van der Waals surface area contributed by atoms with Crippen molar-refractivity contribution in [2.45, 2.75) is 6.92 Å². The van der Waals surface area contributed by atoms with Crippen LogP contribution in [0.15, 0.2) is 42.5 Å². The molecule has 0 bridgehead atoms. The summed E-state index contributed by atoms with van der Waals surface area (Å²) in [4.78, 5) is 16.2. The second-order valence-corrected chi connectivity index (χ2v) is 5.63. The number of hydrogen-bond acceptors (Lipinski definition) is 6. The van der Waals surface area contributed by atoms with E-state index in [9.17, 15) is 4.79 Å². The highest BCUT2D eigenvalue weighted by Gasteiger charge is 2.22. The molecule has 0 saturated carbocycles. The van der Waals surface area contributed by atoms with Gasteiger partial charge in [0.2, 0.25) is 5.88 Å². The topological polar surface area (TPSA) is 67.8 Å². The lowest BCUT2D eigenvalue weighted by Crippen LogP contribution is -2.50. The Hall–Kier alpha value is -2.83. The van der Waals surface area contributed by atoms with E-state index in [4.69, 9.17) is 9.47 Å². The molecule has 25 heavy (non-hydrogen) atoms. The predicted molar refractivity (Wildman–Crippen MR) is 93.9 cm³/mol. The van der Waals surface area contributed by atoms with Crippen LogP contribution in [0.1, 0.15) is 6.92 Å². The van der Waals surface area contributed by atoms with E-state index >= 15 is 0 Å². The van der Waals surface area contributed by atoms with Gasteiger partial charge >= 0.3 is 0 Å². The Morgan fingerprint density at radius 1 is 1.00 bits per heavy atom. The molecule has 0 N–H and O–H groups in total. The molecule has 2 aromatic rings. The van der Waals surface area contributed by atoms with Crippen molar-refractivity contribution in [1.29, 1.82) is 0 Å². The van der Waals surface area contributed by atoms with Gasteiger partial charge < -0.3 is 19.3 Å². The first-order chi connectivity index (χ1) is 12.3. The molecular weight excluding hydrogens is 320 g/mol. The number of aromatic nitrogens is 2. The van der Waals surface area contributed by atoms with Gasteiger partial charge in [0.05, 0.1) is 6.61 Å². The van der Waals surface area contributed by atoms with Gasteiger partial charge in [0, 0.05) is 32.2 Å². The first kappa shape index (κ1) is 17.0. The fourth-order valence-electron chi connectivity index (χ4n) is 2.64. The van der Waals surface area contributed by atoms with E-state index in [1.165, 1.54) is 0 Å². The molecule has 7 heteroatoms. The molecule has 1 fully saturated rings. The lowest BCUT2D eigenvalue weighted by atomic mass is 10.3. The SMILES string of the molecule is CCOc1ccc(N2CCN(C(=O)COc3ccccc3)CC2)nn1. The van der Waals surface area contributed by atoms with Gasteiger partial charge in [-0.05, 0) is 25.1 Å². The van der Waals surface area contributed by atoms with Crippen molar-refractivity contribution in [1.82, 2.24) is 15.1 Å². The monoisotopic (exact) mass is 342 g/mol. The Labute approximate surface area is 147 Å². The van der Waals surface area contributed by atoms with E-state index in [2.05, 4.69) is 15.1 Å². The van der Waals surface area contributed by atoms with Crippen LogP contribution in [0.2, 0.25) is 0 Å². The van der Waals surface area contributed by atoms with Crippen molar-refractivity contribution in [3.05, 3.63) is 42.5 Å². The number of piperazine rings is 1. The number of nitrogens with zero attached hydrogens (tertiary/aromatic N) is 4. The van der Waals surface area contributed by atoms with Crippen LogP contribution in [0.3, 0.4) is 0 Å². The highest BCUT2D eigenvalue weighted by molar-refractivity contribution is 5.78. The minimum absolute atomic E-state index is 0.00119. The number of rotatable bonds is 6. The highest BCUT2D eigenvalue weighted by atomic mass is 16.5. The number of amides is 1. The van der Waals surface area contributed by atoms with Gasteiger partial charge in [-0.1, -0.05) is 18.2 Å². The molecule has 3 rings (SSSR count). The first-order valence-corrected chi connectivity index (χ1v) is 8.43. The summed E-state index contributed by atoms with van der Waals surface area (Å²) in [6.45, 7) is 5.28. The third-order valence-corrected chi connectivity index (χ3v) is 3.98. The third kappa shape index (κ3) is 4.59. The molecule has 0 aliphatic carbocycles. The van der Waals surface area contributed by atoms with Crippen LogP contribution < -0.4 is 14.4 Å². The molecule has 1 aromatic carbocycles. The number of hydrogen-bond donors (Lipinski definition) is 0. The van der Waals surface area contributed by atoms with Crippen molar-refractivity contribution in [3.63, 3.8) is 0 Å². The van der Waals surface area contributed by atoms with Gasteiger partial charge in [0.1, 0.15) is 5.75 Å². The molecule has 1 amide bonds. The lowest BCUT2D eigenvalue weighted by molar-refractivity contribution is -0.133. The molecule has 0 radical (unpaired) electrons.